The largest absolute Gasteiger partial charge is 0.490 e. The van der Waals surface area contributed by atoms with Crippen LogP contribution in [0.1, 0.15) is 86.2 Å². The Morgan fingerprint density at radius 2 is 2.00 bits per heavy atom. The molecule has 188 valence electrons. The number of anilines is 1. The molecule has 2 heterocycles. The molecule has 0 spiro atoms. The molecule has 1 fully saturated rings. The van der Waals surface area contributed by atoms with Crippen LogP contribution in [0.5, 0.6) is 5.75 Å². The molecule has 1 aliphatic carbocycles. The summed E-state index contributed by atoms with van der Waals surface area (Å²) in [6.45, 7) is 7.43. The van der Waals surface area contributed by atoms with Crippen molar-refractivity contribution in [1.82, 2.24) is 14.4 Å². The summed E-state index contributed by atoms with van der Waals surface area (Å²) in [5.74, 6) is -0.188. The first kappa shape index (κ1) is 25.4. The second-order valence-electron chi connectivity index (χ2n) is 9.74. The number of benzene rings is 1. The molecule has 3 aromatic rings. The first-order chi connectivity index (χ1) is 16.6. The van der Waals surface area contributed by atoms with E-state index in [4.69, 9.17) is 27.1 Å². The van der Waals surface area contributed by atoms with Crippen molar-refractivity contribution in [3.63, 3.8) is 0 Å². The molecule has 4 rings (SSSR count). The fourth-order valence-electron chi connectivity index (χ4n) is 4.99. The number of nitrogens with two attached hydrogens (primary N) is 1. The fourth-order valence-corrected chi connectivity index (χ4v) is 5.20. The minimum Gasteiger partial charge on any atom is -0.490 e. The Morgan fingerprint density at radius 3 is 2.66 bits per heavy atom. The van der Waals surface area contributed by atoms with Gasteiger partial charge >= 0.3 is 0 Å². The molecule has 0 unspecified atom stereocenters. The van der Waals surface area contributed by atoms with Crippen molar-refractivity contribution in [2.24, 2.45) is 5.92 Å². The number of rotatable bonds is 7. The smallest absolute Gasteiger partial charge is 0.169 e. The Labute approximate surface area is 209 Å². The van der Waals surface area contributed by atoms with E-state index in [-0.39, 0.29) is 52.6 Å². The highest BCUT2D eigenvalue weighted by atomic mass is 35.5. The zero-order valence-corrected chi connectivity index (χ0v) is 21.3. The summed E-state index contributed by atoms with van der Waals surface area (Å²) in [6.07, 6.45) is 5.69. The number of ketones is 1. The van der Waals surface area contributed by atoms with Gasteiger partial charge in [-0.2, -0.15) is 0 Å². The number of aromatic nitrogens is 3. The van der Waals surface area contributed by atoms with E-state index in [9.17, 15) is 9.90 Å². The van der Waals surface area contributed by atoms with Gasteiger partial charge in [-0.05, 0) is 58.4 Å². The number of fused-ring (bicyclic) bond motifs is 1. The Balaban J connectivity index is 1.81. The van der Waals surface area contributed by atoms with Gasteiger partial charge in [0.05, 0.1) is 28.5 Å². The van der Waals surface area contributed by atoms with Crippen LogP contribution in [0.15, 0.2) is 18.5 Å². The molecule has 2 aromatic heterocycles. The summed E-state index contributed by atoms with van der Waals surface area (Å²) in [6, 6.07) is 1.52. The minimum atomic E-state index is -0.767. The van der Waals surface area contributed by atoms with Crippen LogP contribution in [0, 0.1) is 18.7 Å². The van der Waals surface area contributed by atoms with Gasteiger partial charge in [0.2, 0.25) is 0 Å². The third-order valence-electron chi connectivity index (χ3n) is 6.76. The van der Waals surface area contributed by atoms with Crippen LogP contribution in [0.4, 0.5) is 10.2 Å². The molecular formula is C26H32ClFN4O3. The number of hydrogen-bond donors (Lipinski definition) is 2. The number of ether oxygens (including phenoxy) is 1. The third-order valence-corrected chi connectivity index (χ3v) is 7.04. The number of hydrogen-bond acceptors (Lipinski definition) is 6. The molecule has 7 nitrogen and oxygen atoms in total. The molecule has 1 aliphatic rings. The van der Waals surface area contributed by atoms with Crippen molar-refractivity contribution >= 4 is 28.7 Å². The van der Waals surface area contributed by atoms with Gasteiger partial charge in [0.15, 0.2) is 11.6 Å². The Morgan fingerprint density at radius 1 is 1.31 bits per heavy atom. The Hall–Kier alpha value is -2.71. The van der Waals surface area contributed by atoms with Crippen molar-refractivity contribution in [2.75, 3.05) is 5.73 Å². The number of aryl methyl sites for hydroxylation is 1. The number of Topliss-reactive ketones (excluding diaryl/α,β-unsaturated/α-hetero) is 1. The first-order valence-corrected chi connectivity index (χ1v) is 12.4. The summed E-state index contributed by atoms with van der Waals surface area (Å²) in [5, 5.41) is 9.66. The van der Waals surface area contributed by atoms with Crippen LogP contribution in [0.3, 0.4) is 0 Å². The van der Waals surface area contributed by atoms with Crippen LogP contribution in [0.2, 0.25) is 5.02 Å². The summed E-state index contributed by atoms with van der Waals surface area (Å²) in [7, 11) is 0. The highest BCUT2D eigenvalue weighted by Gasteiger charge is 2.31. The Bertz CT molecular complexity index is 1250. The van der Waals surface area contributed by atoms with Gasteiger partial charge < -0.3 is 15.6 Å². The average Bonchev–Trinajstić information content (AvgIpc) is 3.14. The van der Waals surface area contributed by atoms with Gasteiger partial charge in [0, 0.05) is 30.3 Å². The maximum Gasteiger partial charge on any atom is 0.169 e. The quantitative estimate of drug-likeness (QED) is 0.415. The highest BCUT2D eigenvalue weighted by molar-refractivity contribution is 6.31. The molecular weight excluding hydrogens is 471 g/mol. The van der Waals surface area contributed by atoms with E-state index in [2.05, 4.69) is 4.98 Å². The van der Waals surface area contributed by atoms with E-state index in [1.807, 2.05) is 32.1 Å². The molecule has 9 heteroatoms. The molecule has 0 radical (unpaired) electrons. The van der Waals surface area contributed by atoms with Gasteiger partial charge in [-0.3, -0.25) is 9.20 Å². The zero-order chi connectivity index (χ0) is 25.4. The van der Waals surface area contributed by atoms with Gasteiger partial charge in [-0.1, -0.05) is 18.5 Å². The molecule has 35 heavy (non-hydrogen) atoms. The van der Waals surface area contributed by atoms with E-state index < -0.39 is 5.82 Å². The maximum atomic E-state index is 15.4. The van der Waals surface area contributed by atoms with E-state index >= 15 is 4.39 Å². The van der Waals surface area contributed by atoms with Crippen molar-refractivity contribution in [2.45, 2.75) is 77.9 Å². The normalized spacial score (nSPS) is 19.3. The predicted octanol–water partition coefficient (Wildman–Crippen LogP) is 5.48. The fraction of sp³-hybridized carbons (Fsp3) is 0.500. The predicted molar refractivity (Wildman–Crippen MR) is 134 cm³/mol. The molecule has 1 aromatic carbocycles. The number of carbonyl (C=O) groups excluding carboxylic acids is 1. The summed E-state index contributed by atoms with van der Waals surface area (Å²) >= 11 is 6.34. The molecule has 0 saturated heterocycles. The van der Waals surface area contributed by atoms with E-state index in [0.29, 0.717) is 41.3 Å². The van der Waals surface area contributed by atoms with E-state index in [1.54, 1.807) is 12.4 Å². The lowest BCUT2D eigenvalue weighted by molar-refractivity contribution is 0.0851. The van der Waals surface area contributed by atoms with Gasteiger partial charge in [0.25, 0.3) is 0 Å². The lowest BCUT2D eigenvalue weighted by atomic mass is 9.83. The zero-order valence-electron chi connectivity index (χ0n) is 20.5. The molecule has 0 aliphatic heterocycles. The van der Waals surface area contributed by atoms with Crippen molar-refractivity contribution < 1.29 is 19.0 Å². The second kappa shape index (κ2) is 10.1. The Kier molecular flexibility index (Phi) is 7.33. The maximum absolute atomic E-state index is 15.4. The number of nitrogens with zero attached hydrogens (tertiary/aromatic N) is 3. The van der Waals surface area contributed by atoms with Crippen LogP contribution in [0.25, 0.3) is 5.52 Å². The van der Waals surface area contributed by atoms with E-state index in [0.717, 1.165) is 12.8 Å². The van der Waals surface area contributed by atoms with E-state index in [1.165, 1.54) is 6.07 Å². The van der Waals surface area contributed by atoms with Crippen molar-refractivity contribution in [3.05, 3.63) is 51.9 Å². The molecule has 3 N–H and O–H groups in total. The van der Waals surface area contributed by atoms with Crippen LogP contribution < -0.4 is 10.5 Å². The average molecular weight is 503 g/mol. The van der Waals surface area contributed by atoms with Gasteiger partial charge in [-0.15, -0.1) is 0 Å². The molecule has 0 amide bonds. The monoisotopic (exact) mass is 502 g/mol. The first-order valence-electron chi connectivity index (χ1n) is 12.1. The van der Waals surface area contributed by atoms with Crippen LogP contribution >= 0.6 is 11.6 Å². The van der Waals surface area contributed by atoms with Crippen molar-refractivity contribution in [1.29, 1.82) is 0 Å². The summed E-state index contributed by atoms with van der Waals surface area (Å²) < 4.78 is 23.4. The van der Waals surface area contributed by atoms with Gasteiger partial charge in [-0.25, -0.2) is 14.4 Å². The molecule has 1 saturated carbocycles. The summed E-state index contributed by atoms with van der Waals surface area (Å²) in [5.41, 5.74) is 7.96. The number of imidazole rings is 1. The van der Waals surface area contributed by atoms with Crippen LogP contribution in [-0.2, 0) is 0 Å². The van der Waals surface area contributed by atoms with Gasteiger partial charge in [0.1, 0.15) is 22.9 Å². The SMILES string of the molecule is Cc1nc([C@@H](C)c2cc(Cl)c(F)c(C(=O)CC3CCC(O)CC3)c2OC(C)C)n2ccnc(N)c12. The van der Waals surface area contributed by atoms with Crippen molar-refractivity contribution in [3.8, 4) is 5.75 Å². The van der Waals surface area contributed by atoms with Crippen LogP contribution in [-0.4, -0.2) is 37.5 Å². The standard InChI is InChI=1S/C26H32ClFN4O3/c1-13(2)35-24-18(14(3)26-31-15(4)23-25(29)30-9-10-32(23)26)12-19(27)22(28)21(24)20(34)11-16-5-7-17(33)8-6-16/h9-10,12-14,16-17,33H,5-8,11H2,1-4H3,(H2,29,30)/t14-,16?,17?/m0/s1. The number of carbonyl (C=O) groups is 1. The summed E-state index contributed by atoms with van der Waals surface area (Å²) in [4.78, 5) is 22.3. The minimum absolute atomic E-state index is 0.0893. The topological polar surface area (TPSA) is 103 Å². The highest BCUT2D eigenvalue weighted by Crippen LogP contribution is 2.41. The lowest BCUT2D eigenvalue weighted by Gasteiger charge is -2.26. The molecule has 0 bridgehead atoms. The number of aliphatic hydroxyl groups excluding tert-OH is 1. The third kappa shape index (κ3) is 5.00. The molecule has 1 atom stereocenters. The number of nitrogen functional groups attached to an aromatic ring is 1. The number of aliphatic hydroxyl groups is 1. The lowest BCUT2D eigenvalue weighted by Crippen LogP contribution is -2.22. The second-order valence-corrected chi connectivity index (χ2v) is 10.1. The number of halogens is 2.